The number of hydrogen-bond acceptors (Lipinski definition) is 4. The predicted molar refractivity (Wildman–Crippen MR) is 137 cm³/mol. The van der Waals surface area contributed by atoms with Crippen molar-refractivity contribution in [3.63, 3.8) is 0 Å². The molecule has 0 spiro atoms. The fourth-order valence-corrected chi connectivity index (χ4v) is 4.20. The lowest BCUT2D eigenvalue weighted by Crippen LogP contribution is -2.39. The van der Waals surface area contributed by atoms with E-state index in [1.807, 2.05) is 0 Å². The molecule has 0 saturated carbocycles. The molecule has 7 heteroatoms. The quantitative estimate of drug-likeness (QED) is 0.209. The lowest BCUT2D eigenvalue weighted by Gasteiger charge is -2.29. The molecule has 0 aromatic heterocycles. The largest absolute Gasteiger partial charge is 0.393 e. The van der Waals surface area contributed by atoms with Gasteiger partial charge in [-0.1, -0.05) is 12.1 Å². The Kier molecular flexibility index (Phi) is 11.2. The van der Waals surface area contributed by atoms with Crippen LogP contribution in [0.5, 0.6) is 0 Å². The van der Waals surface area contributed by atoms with E-state index < -0.39 is 0 Å². The summed E-state index contributed by atoms with van der Waals surface area (Å²) in [5.41, 5.74) is 2.63. The fourth-order valence-electron chi connectivity index (χ4n) is 4.20. The van der Waals surface area contributed by atoms with Crippen molar-refractivity contribution in [2.75, 3.05) is 50.7 Å². The summed E-state index contributed by atoms with van der Waals surface area (Å²) >= 11 is 0. The number of aliphatic imine (C=N–C) groups is 1. The van der Waals surface area contributed by atoms with Crippen LogP contribution in [0.25, 0.3) is 0 Å². The van der Waals surface area contributed by atoms with E-state index in [2.05, 4.69) is 58.5 Å². The lowest BCUT2D eigenvalue weighted by atomic mass is 10.1. The van der Waals surface area contributed by atoms with Gasteiger partial charge in [0, 0.05) is 45.0 Å². The number of nitrogens with zero attached hydrogens (tertiary/aromatic N) is 3. The van der Waals surface area contributed by atoms with Crippen molar-refractivity contribution in [3.05, 3.63) is 29.8 Å². The summed E-state index contributed by atoms with van der Waals surface area (Å²) in [7, 11) is 0. The smallest absolute Gasteiger partial charge is 0.191 e. The third-order valence-electron chi connectivity index (χ3n) is 6.00. The van der Waals surface area contributed by atoms with E-state index >= 15 is 0 Å². The van der Waals surface area contributed by atoms with Gasteiger partial charge in [-0.05, 0) is 70.2 Å². The van der Waals surface area contributed by atoms with Gasteiger partial charge in [0.05, 0.1) is 12.1 Å². The summed E-state index contributed by atoms with van der Waals surface area (Å²) < 4.78 is 0. The van der Waals surface area contributed by atoms with Gasteiger partial charge in [-0.3, -0.25) is 4.99 Å². The second-order valence-electron chi connectivity index (χ2n) is 8.34. The minimum absolute atomic E-state index is 0. The van der Waals surface area contributed by atoms with Gasteiger partial charge in [0.25, 0.3) is 0 Å². The van der Waals surface area contributed by atoms with Crippen LogP contribution in [0.3, 0.4) is 0 Å². The van der Waals surface area contributed by atoms with Crippen molar-refractivity contribution in [1.29, 1.82) is 0 Å². The molecule has 2 aliphatic rings. The third-order valence-corrected chi connectivity index (χ3v) is 6.00. The number of piperidine rings is 1. The molecule has 1 unspecified atom stereocenters. The summed E-state index contributed by atoms with van der Waals surface area (Å²) in [4.78, 5) is 9.71. The highest BCUT2D eigenvalue weighted by molar-refractivity contribution is 14.0. The number of guanidine groups is 1. The number of aliphatic hydroxyl groups excluding tert-OH is 1. The average molecular weight is 530 g/mol. The molecule has 1 aromatic rings. The van der Waals surface area contributed by atoms with E-state index in [0.29, 0.717) is 0 Å². The molecule has 3 N–H and O–H groups in total. The third kappa shape index (κ3) is 7.89. The zero-order chi connectivity index (χ0) is 20.5. The van der Waals surface area contributed by atoms with Crippen LogP contribution >= 0.6 is 24.0 Å². The maximum absolute atomic E-state index is 9.62. The van der Waals surface area contributed by atoms with Gasteiger partial charge < -0.3 is 25.5 Å². The van der Waals surface area contributed by atoms with E-state index in [1.165, 1.54) is 37.2 Å². The Morgan fingerprint density at radius 3 is 2.63 bits per heavy atom. The normalized spacial score (nSPS) is 19.4. The van der Waals surface area contributed by atoms with Crippen LogP contribution in [0.2, 0.25) is 0 Å². The number of rotatable bonds is 8. The van der Waals surface area contributed by atoms with Gasteiger partial charge in [-0.25, -0.2) is 0 Å². The van der Waals surface area contributed by atoms with Crippen molar-refractivity contribution in [2.45, 2.75) is 58.1 Å². The van der Waals surface area contributed by atoms with E-state index in [9.17, 15) is 5.11 Å². The van der Waals surface area contributed by atoms with Gasteiger partial charge in [0.2, 0.25) is 0 Å². The molecule has 2 heterocycles. The molecule has 0 bridgehead atoms. The second kappa shape index (κ2) is 13.4. The highest BCUT2D eigenvalue weighted by atomic mass is 127. The van der Waals surface area contributed by atoms with Crippen molar-refractivity contribution in [2.24, 2.45) is 4.99 Å². The van der Waals surface area contributed by atoms with Gasteiger partial charge in [0.1, 0.15) is 0 Å². The standard InChI is InChI=1S/C23H39N5O.HI/c1-3-24-23(25-12-7-13-27-16-10-22(29)11-17-27)26-19(2)20-8-6-9-21(18-20)28-14-4-5-15-28;/h6,8-9,18-19,22,29H,3-5,7,10-17H2,1-2H3,(H2,24,25,26);1H. The number of aliphatic hydroxyl groups is 1. The van der Waals surface area contributed by atoms with E-state index in [-0.39, 0.29) is 36.1 Å². The monoisotopic (exact) mass is 529 g/mol. The van der Waals surface area contributed by atoms with Crippen LogP contribution in [0.1, 0.15) is 57.6 Å². The highest BCUT2D eigenvalue weighted by Crippen LogP contribution is 2.24. The van der Waals surface area contributed by atoms with Crippen LogP contribution < -0.4 is 15.5 Å². The minimum atomic E-state index is -0.0979. The van der Waals surface area contributed by atoms with Gasteiger partial charge in [-0.15, -0.1) is 24.0 Å². The van der Waals surface area contributed by atoms with Gasteiger partial charge in [0.15, 0.2) is 5.96 Å². The first-order valence-electron chi connectivity index (χ1n) is 11.5. The number of nitrogens with one attached hydrogen (secondary N) is 2. The second-order valence-corrected chi connectivity index (χ2v) is 8.34. The van der Waals surface area contributed by atoms with Gasteiger partial charge in [-0.2, -0.15) is 0 Å². The lowest BCUT2D eigenvalue weighted by molar-refractivity contribution is 0.0824. The summed E-state index contributed by atoms with van der Waals surface area (Å²) in [6.45, 7) is 11.4. The van der Waals surface area contributed by atoms with Crippen LogP contribution in [-0.2, 0) is 0 Å². The summed E-state index contributed by atoms with van der Waals surface area (Å²) in [6, 6.07) is 9.11. The molecule has 30 heavy (non-hydrogen) atoms. The number of anilines is 1. The number of hydrogen-bond donors (Lipinski definition) is 3. The molecule has 0 aliphatic carbocycles. The first kappa shape index (κ1) is 25.2. The minimum Gasteiger partial charge on any atom is -0.393 e. The topological polar surface area (TPSA) is 63.1 Å². The molecular weight excluding hydrogens is 489 g/mol. The van der Waals surface area contributed by atoms with E-state index in [0.717, 1.165) is 57.9 Å². The Hall–Kier alpha value is -1.06. The molecule has 2 saturated heterocycles. The van der Waals surface area contributed by atoms with Crippen molar-refractivity contribution in [3.8, 4) is 0 Å². The average Bonchev–Trinajstić information content (AvgIpc) is 3.27. The molecule has 170 valence electrons. The van der Waals surface area contributed by atoms with Crippen molar-refractivity contribution < 1.29 is 5.11 Å². The van der Waals surface area contributed by atoms with Crippen LogP contribution in [-0.4, -0.2) is 67.9 Å². The Balaban J connectivity index is 0.00000320. The van der Waals surface area contributed by atoms with Crippen molar-refractivity contribution in [1.82, 2.24) is 15.5 Å². The maximum Gasteiger partial charge on any atom is 0.191 e. The SMILES string of the molecule is CCNC(=NCCCN1CCC(O)CC1)NC(C)c1cccc(N2CCCC2)c1.I. The number of benzene rings is 1. The Morgan fingerprint density at radius 1 is 1.20 bits per heavy atom. The van der Waals surface area contributed by atoms with E-state index in [1.54, 1.807) is 0 Å². The fraction of sp³-hybridized carbons (Fsp3) is 0.696. The molecule has 0 radical (unpaired) electrons. The predicted octanol–water partition coefficient (Wildman–Crippen LogP) is 3.37. The molecule has 0 amide bonds. The molecule has 2 fully saturated rings. The van der Waals surface area contributed by atoms with Gasteiger partial charge >= 0.3 is 0 Å². The summed E-state index contributed by atoms with van der Waals surface area (Å²) in [6.07, 6.45) is 5.36. The zero-order valence-electron chi connectivity index (χ0n) is 18.6. The van der Waals surface area contributed by atoms with Crippen molar-refractivity contribution >= 4 is 35.6 Å². The molecule has 6 nitrogen and oxygen atoms in total. The Bertz CT molecular complexity index is 642. The summed E-state index contributed by atoms with van der Waals surface area (Å²) in [5, 5.41) is 16.6. The van der Waals surface area contributed by atoms with E-state index in [4.69, 9.17) is 4.99 Å². The molecule has 3 rings (SSSR count). The Labute approximate surface area is 199 Å². The molecule has 2 aliphatic heterocycles. The first-order chi connectivity index (χ1) is 14.2. The molecule has 1 aromatic carbocycles. The number of halogens is 1. The first-order valence-corrected chi connectivity index (χ1v) is 11.5. The highest BCUT2D eigenvalue weighted by Gasteiger charge is 2.16. The number of likely N-dealkylation sites (tertiary alicyclic amines) is 1. The van der Waals surface area contributed by atoms with Crippen LogP contribution in [0.15, 0.2) is 29.3 Å². The van der Waals surface area contributed by atoms with Crippen LogP contribution in [0, 0.1) is 0 Å². The van der Waals surface area contributed by atoms with Crippen LogP contribution in [0.4, 0.5) is 5.69 Å². The Morgan fingerprint density at radius 2 is 1.93 bits per heavy atom. The zero-order valence-corrected chi connectivity index (χ0v) is 21.0. The molecular formula is C23H40IN5O. The molecule has 1 atom stereocenters. The maximum atomic E-state index is 9.62. The summed E-state index contributed by atoms with van der Waals surface area (Å²) in [5.74, 6) is 0.889.